The lowest BCUT2D eigenvalue weighted by molar-refractivity contribution is -0.142. The van der Waals surface area contributed by atoms with Gasteiger partial charge in [-0.25, -0.2) is 13.2 Å². The molecule has 2 aliphatic carbocycles. The highest BCUT2D eigenvalue weighted by atomic mass is 35.5. The third-order valence-corrected chi connectivity index (χ3v) is 12.3. The minimum Gasteiger partial charge on any atom is -0.444 e. The normalized spacial score (nSPS) is 29.0. The number of ether oxygens (including phenoxy) is 1. The van der Waals surface area contributed by atoms with Crippen LogP contribution in [-0.4, -0.2) is 83.5 Å². The van der Waals surface area contributed by atoms with E-state index < -0.39 is 68.7 Å². The molecule has 5 atom stereocenters. The van der Waals surface area contributed by atoms with Crippen molar-refractivity contribution in [3.63, 3.8) is 0 Å². The molecule has 0 radical (unpaired) electrons. The van der Waals surface area contributed by atoms with Crippen LogP contribution in [0.4, 0.5) is 4.79 Å². The zero-order valence-corrected chi connectivity index (χ0v) is 31.0. The Balaban J connectivity index is 1.25. The molecule has 278 valence electrons. The molecule has 3 aliphatic heterocycles. The van der Waals surface area contributed by atoms with Gasteiger partial charge in [0.2, 0.25) is 27.7 Å². The molecule has 1 aromatic carbocycles. The van der Waals surface area contributed by atoms with Crippen LogP contribution in [0.1, 0.15) is 96.1 Å². The second kappa shape index (κ2) is 14.4. The van der Waals surface area contributed by atoms with Crippen molar-refractivity contribution in [2.45, 2.75) is 127 Å². The Morgan fingerprint density at radius 2 is 1.80 bits per heavy atom. The third kappa shape index (κ3) is 8.70. The number of nitrogens with zero attached hydrogens (tertiary/aromatic N) is 2. The van der Waals surface area contributed by atoms with Gasteiger partial charge in [-0.05, 0) is 67.2 Å². The number of carbonyl (C=O) groups excluding carboxylic acids is 5. The topological polar surface area (TPSA) is 171 Å². The van der Waals surface area contributed by atoms with E-state index >= 15 is 0 Å². The highest BCUT2D eigenvalue weighted by molar-refractivity contribution is 7.91. The summed E-state index contributed by atoms with van der Waals surface area (Å²) in [5.74, 6) is -2.66. The smallest absolute Gasteiger partial charge is 0.410 e. The van der Waals surface area contributed by atoms with E-state index in [1.165, 1.54) is 9.80 Å². The first-order chi connectivity index (χ1) is 24.0. The summed E-state index contributed by atoms with van der Waals surface area (Å²) < 4.78 is 33.6. The van der Waals surface area contributed by atoms with Gasteiger partial charge in [-0.2, -0.15) is 0 Å². The van der Waals surface area contributed by atoms with Gasteiger partial charge < -0.3 is 20.3 Å². The van der Waals surface area contributed by atoms with Crippen molar-refractivity contribution in [3.05, 3.63) is 46.5 Å². The van der Waals surface area contributed by atoms with E-state index in [1.807, 2.05) is 39.0 Å². The molecule has 2 saturated carbocycles. The quantitative estimate of drug-likeness (QED) is 0.370. The van der Waals surface area contributed by atoms with Crippen LogP contribution in [0.15, 0.2) is 30.4 Å². The van der Waals surface area contributed by atoms with Gasteiger partial charge in [0.1, 0.15) is 23.7 Å². The SMILES string of the molecule is CC(C)(C)CC(=O)N[C@H]1CCCCC/C=C\[C@@H]2C[C@@]2(C(=O)NS(=O)(=O)C2CC2)NC(=O)[C@@H]2C[C@@H](OC(=O)N3Cc4ccc(Cl)cc4C3)CN2C1=O. The molecule has 1 aromatic rings. The maximum atomic E-state index is 14.4. The van der Waals surface area contributed by atoms with Gasteiger partial charge in [0.15, 0.2) is 0 Å². The van der Waals surface area contributed by atoms with Gasteiger partial charge in [0, 0.05) is 36.9 Å². The number of hydrogen-bond acceptors (Lipinski definition) is 8. The first-order valence-corrected chi connectivity index (χ1v) is 19.8. The van der Waals surface area contributed by atoms with Gasteiger partial charge in [-0.15, -0.1) is 0 Å². The number of amides is 5. The Morgan fingerprint density at radius 1 is 1.06 bits per heavy atom. The molecule has 0 aromatic heterocycles. The number of hydrogen-bond donors (Lipinski definition) is 3. The van der Waals surface area contributed by atoms with Crippen LogP contribution in [0.25, 0.3) is 0 Å². The van der Waals surface area contributed by atoms with Crippen molar-refractivity contribution in [1.82, 2.24) is 25.2 Å². The number of carbonyl (C=O) groups is 5. The van der Waals surface area contributed by atoms with Crippen molar-refractivity contribution in [3.8, 4) is 0 Å². The number of benzene rings is 1. The molecule has 0 bridgehead atoms. The van der Waals surface area contributed by atoms with Crippen molar-refractivity contribution >= 4 is 51.3 Å². The molecule has 6 rings (SSSR count). The van der Waals surface area contributed by atoms with Crippen LogP contribution in [0.5, 0.6) is 0 Å². The number of allylic oxidation sites excluding steroid dienone is 1. The lowest BCUT2D eigenvalue weighted by Crippen LogP contribution is -2.58. The second-order valence-corrected chi connectivity index (χ2v) is 18.3. The summed E-state index contributed by atoms with van der Waals surface area (Å²) >= 11 is 6.15. The predicted octanol–water partition coefficient (Wildman–Crippen LogP) is 3.69. The van der Waals surface area contributed by atoms with Crippen molar-refractivity contribution < 1.29 is 37.1 Å². The molecule has 0 spiro atoms. The standard InChI is InChI=1S/C36H48ClN5O8S/c1-35(2,3)18-30(43)38-28-10-8-6-4-5-7-9-24-17-36(24,33(46)40-51(48,49)27-13-14-27)39-31(44)29-16-26(21-42(29)32(28)45)50-34(47)41-19-22-11-12-25(37)15-23(22)20-41/h7,9,11-12,15,24,26-29H,4-6,8,10,13-14,16-21H2,1-3H3,(H,38,43)(H,39,44)(H,40,46)/b9-7-/t24-,26-,28+,29+,36-/m1/s1. The molecule has 13 nitrogen and oxygen atoms in total. The number of rotatable bonds is 6. The van der Waals surface area contributed by atoms with Crippen LogP contribution in [0.2, 0.25) is 5.02 Å². The van der Waals surface area contributed by atoms with Gasteiger partial charge in [-0.3, -0.25) is 28.8 Å². The van der Waals surface area contributed by atoms with Gasteiger partial charge in [0.25, 0.3) is 5.91 Å². The lowest BCUT2D eigenvalue weighted by Gasteiger charge is -2.30. The van der Waals surface area contributed by atoms with E-state index in [0.717, 1.165) is 24.0 Å². The fourth-order valence-electron chi connectivity index (χ4n) is 7.28. The minimum atomic E-state index is -3.89. The zero-order valence-electron chi connectivity index (χ0n) is 29.4. The van der Waals surface area contributed by atoms with Crippen molar-refractivity contribution in [1.29, 1.82) is 0 Å². The highest BCUT2D eigenvalue weighted by Gasteiger charge is 2.62. The maximum Gasteiger partial charge on any atom is 0.410 e. The van der Waals surface area contributed by atoms with E-state index in [4.69, 9.17) is 16.3 Å². The van der Waals surface area contributed by atoms with E-state index in [1.54, 1.807) is 12.1 Å². The minimum absolute atomic E-state index is 0.0445. The molecular formula is C36H48ClN5O8S. The largest absolute Gasteiger partial charge is 0.444 e. The average molecular weight is 746 g/mol. The Hall–Kier alpha value is -3.65. The monoisotopic (exact) mass is 745 g/mol. The third-order valence-electron chi connectivity index (χ3n) is 10.3. The molecule has 0 unspecified atom stereocenters. The van der Waals surface area contributed by atoms with Gasteiger partial charge in [-0.1, -0.05) is 63.4 Å². The van der Waals surface area contributed by atoms with Crippen LogP contribution >= 0.6 is 11.6 Å². The number of halogens is 1. The molecule has 5 aliphatic rings. The Bertz CT molecular complexity index is 1720. The van der Waals surface area contributed by atoms with Crippen molar-refractivity contribution in [2.75, 3.05) is 6.54 Å². The van der Waals surface area contributed by atoms with E-state index in [9.17, 15) is 32.4 Å². The van der Waals surface area contributed by atoms with Crippen molar-refractivity contribution in [2.24, 2.45) is 11.3 Å². The van der Waals surface area contributed by atoms with Crippen LogP contribution in [0, 0.1) is 11.3 Å². The number of sulfonamides is 1. The maximum absolute atomic E-state index is 14.4. The summed E-state index contributed by atoms with van der Waals surface area (Å²) in [6.07, 6.45) is 6.91. The summed E-state index contributed by atoms with van der Waals surface area (Å²) in [5.41, 5.74) is 0.0152. The summed E-state index contributed by atoms with van der Waals surface area (Å²) in [4.78, 5) is 71.5. The molecule has 3 heterocycles. The first-order valence-electron chi connectivity index (χ1n) is 17.9. The molecule has 3 N–H and O–H groups in total. The fraction of sp³-hybridized carbons (Fsp3) is 0.639. The molecular weight excluding hydrogens is 698 g/mol. The van der Waals surface area contributed by atoms with E-state index in [0.29, 0.717) is 50.2 Å². The lowest BCUT2D eigenvalue weighted by atomic mass is 9.91. The average Bonchev–Trinajstić information content (AvgIpc) is 3.93. The first kappa shape index (κ1) is 37.1. The van der Waals surface area contributed by atoms with Crippen LogP contribution < -0.4 is 15.4 Å². The predicted molar refractivity (Wildman–Crippen MR) is 188 cm³/mol. The van der Waals surface area contributed by atoms with Gasteiger partial charge in [0.05, 0.1) is 11.8 Å². The summed E-state index contributed by atoms with van der Waals surface area (Å²) in [5, 5.41) is 5.67. The molecule has 51 heavy (non-hydrogen) atoms. The van der Waals surface area contributed by atoms with Crippen LogP contribution in [0.3, 0.4) is 0 Å². The van der Waals surface area contributed by atoms with E-state index in [-0.39, 0.29) is 37.1 Å². The van der Waals surface area contributed by atoms with E-state index in [2.05, 4.69) is 15.4 Å². The Morgan fingerprint density at radius 3 is 2.53 bits per heavy atom. The molecule has 1 saturated heterocycles. The zero-order chi connectivity index (χ0) is 36.7. The molecule has 5 amide bonds. The fourth-order valence-corrected chi connectivity index (χ4v) is 8.84. The Labute approximate surface area is 304 Å². The summed E-state index contributed by atoms with van der Waals surface area (Å²) in [7, 11) is -3.89. The summed E-state index contributed by atoms with van der Waals surface area (Å²) in [6.45, 7) is 6.31. The number of fused-ring (bicyclic) bond motifs is 3. The molecule has 15 heteroatoms. The second-order valence-electron chi connectivity index (χ2n) is 15.9. The molecule has 3 fully saturated rings. The highest BCUT2D eigenvalue weighted by Crippen LogP contribution is 2.46. The summed E-state index contributed by atoms with van der Waals surface area (Å²) in [6, 6.07) is 3.35. The van der Waals surface area contributed by atoms with Crippen LogP contribution in [-0.2, 0) is 47.0 Å². The van der Waals surface area contributed by atoms with Gasteiger partial charge >= 0.3 is 6.09 Å². The Kier molecular flexibility index (Phi) is 10.5. The number of nitrogens with one attached hydrogen (secondary N) is 3.